The van der Waals surface area contributed by atoms with Crippen LogP contribution in [0.1, 0.15) is 19.8 Å². The number of hydrogen-bond donors (Lipinski definition) is 0. The summed E-state index contributed by atoms with van der Waals surface area (Å²) < 4.78 is 1.67. The maximum Gasteiger partial charge on any atom is 0.221 e. The van der Waals surface area contributed by atoms with Crippen molar-refractivity contribution >= 4 is 11.5 Å². The average Bonchev–Trinajstić information content (AvgIpc) is 2.87. The maximum absolute atomic E-state index is 4.44. The number of nitrogens with zero attached hydrogens (tertiary/aromatic N) is 7. The third kappa shape index (κ3) is 2.03. The molecule has 0 bridgehead atoms. The summed E-state index contributed by atoms with van der Waals surface area (Å²) in [7, 11) is 4.30. The summed E-state index contributed by atoms with van der Waals surface area (Å²) in [4.78, 5) is 9.04. The highest BCUT2D eigenvalue weighted by Gasteiger charge is 2.33. The average molecular weight is 261 g/mol. The molecule has 0 unspecified atom stereocenters. The van der Waals surface area contributed by atoms with Crippen LogP contribution >= 0.6 is 0 Å². The molecule has 1 saturated heterocycles. The van der Waals surface area contributed by atoms with E-state index in [0.29, 0.717) is 0 Å². The molecule has 1 aliphatic rings. The van der Waals surface area contributed by atoms with Crippen LogP contribution in [0.2, 0.25) is 0 Å². The minimum Gasteiger partial charge on any atom is -0.353 e. The molecule has 1 aliphatic heterocycles. The SMILES string of the molecule is CN(C)C1(C)CCN(c2nccn3nnnc23)CC1. The molecule has 0 amide bonds. The van der Waals surface area contributed by atoms with Crippen LogP contribution in [-0.2, 0) is 0 Å². The van der Waals surface area contributed by atoms with Crippen molar-refractivity contribution in [3.05, 3.63) is 12.4 Å². The van der Waals surface area contributed by atoms with Crippen molar-refractivity contribution in [3.63, 3.8) is 0 Å². The van der Waals surface area contributed by atoms with Crippen LogP contribution in [0.3, 0.4) is 0 Å². The van der Waals surface area contributed by atoms with Crippen LogP contribution in [0.5, 0.6) is 0 Å². The summed E-state index contributed by atoms with van der Waals surface area (Å²) in [6.45, 7) is 4.28. The van der Waals surface area contributed by atoms with E-state index < -0.39 is 0 Å². The van der Waals surface area contributed by atoms with Gasteiger partial charge in [0.2, 0.25) is 5.65 Å². The maximum atomic E-state index is 4.44. The van der Waals surface area contributed by atoms with Crippen molar-refractivity contribution in [2.24, 2.45) is 0 Å². The summed E-state index contributed by atoms with van der Waals surface area (Å²) in [5, 5.41) is 11.7. The second-order valence-corrected chi connectivity index (χ2v) is 5.58. The van der Waals surface area contributed by atoms with Gasteiger partial charge in [-0.1, -0.05) is 0 Å². The zero-order chi connectivity index (χ0) is 13.5. The molecule has 7 nitrogen and oxygen atoms in total. The van der Waals surface area contributed by atoms with Gasteiger partial charge in [-0.3, -0.25) is 0 Å². The fourth-order valence-corrected chi connectivity index (χ4v) is 2.54. The van der Waals surface area contributed by atoms with Gasteiger partial charge in [0.15, 0.2) is 5.82 Å². The Kier molecular flexibility index (Phi) is 2.85. The molecular formula is C12H19N7. The third-order valence-electron chi connectivity index (χ3n) is 4.32. The molecule has 19 heavy (non-hydrogen) atoms. The van der Waals surface area contributed by atoms with Crippen molar-refractivity contribution in [2.75, 3.05) is 32.1 Å². The summed E-state index contributed by atoms with van der Waals surface area (Å²) in [5.41, 5.74) is 1.00. The lowest BCUT2D eigenvalue weighted by molar-refractivity contribution is 0.137. The van der Waals surface area contributed by atoms with Gasteiger partial charge in [0, 0.05) is 24.8 Å². The summed E-state index contributed by atoms with van der Waals surface area (Å²) in [5.74, 6) is 0.883. The lowest BCUT2D eigenvalue weighted by Crippen LogP contribution is -2.50. The van der Waals surface area contributed by atoms with Gasteiger partial charge in [-0.25, -0.2) is 4.98 Å². The molecule has 0 atom stereocenters. The minimum absolute atomic E-state index is 0.271. The van der Waals surface area contributed by atoms with E-state index in [2.05, 4.69) is 51.3 Å². The third-order valence-corrected chi connectivity index (χ3v) is 4.32. The first-order valence-electron chi connectivity index (χ1n) is 6.55. The molecule has 3 heterocycles. The fourth-order valence-electron chi connectivity index (χ4n) is 2.54. The highest BCUT2D eigenvalue weighted by atomic mass is 15.5. The Morgan fingerprint density at radius 1 is 1.26 bits per heavy atom. The minimum atomic E-state index is 0.271. The number of hydrogen-bond acceptors (Lipinski definition) is 6. The zero-order valence-corrected chi connectivity index (χ0v) is 11.6. The van der Waals surface area contributed by atoms with Crippen molar-refractivity contribution in [2.45, 2.75) is 25.3 Å². The van der Waals surface area contributed by atoms with E-state index in [1.54, 1.807) is 16.9 Å². The molecule has 7 heteroatoms. The molecular weight excluding hydrogens is 242 g/mol. The van der Waals surface area contributed by atoms with Gasteiger partial charge in [0.25, 0.3) is 0 Å². The Bertz CT molecular complexity index is 568. The lowest BCUT2D eigenvalue weighted by atomic mass is 9.88. The van der Waals surface area contributed by atoms with E-state index in [1.165, 1.54) is 0 Å². The summed E-state index contributed by atoms with van der Waals surface area (Å²) >= 11 is 0. The van der Waals surface area contributed by atoms with Crippen molar-refractivity contribution < 1.29 is 0 Å². The number of rotatable bonds is 2. The zero-order valence-electron chi connectivity index (χ0n) is 11.6. The van der Waals surface area contributed by atoms with E-state index in [4.69, 9.17) is 0 Å². The molecule has 0 saturated carbocycles. The first-order chi connectivity index (χ1) is 9.10. The molecule has 0 aliphatic carbocycles. The lowest BCUT2D eigenvalue weighted by Gasteiger charge is -2.44. The van der Waals surface area contributed by atoms with Gasteiger partial charge < -0.3 is 9.80 Å². The second-order valence-electron chi connectivity index (χ2n) is 5.58. The number of anilines is 1. The topological polar surface area (TPSA) is 62.5 Å². The second kappa shape index (κ2) is 4.41. The smallest absolute Gasteiger partial charge is 0.221 e. The van der Waals surface area contributed by atoms with Gasteiger partial charge in [-0.05, 0) is 44.3 Å². The molecule has 1 fully saturated rings. The van der Waals surface area contributed by atoms with Crippen LogP contribution in [0.25, 0.3) is 5.65 Å². The largest absolute Gasteiger partial charge is 0.353 e. The molecule has 0 aromatic carbocycles. The van der Waals surface area contributed by atoms with E-state index in [-0.39, 0.29) is 5.54 Å². The van der Waals surface area contributed by atoms with Crippen molar-refractivity contribution in [1.82, 2.24) is 29.9 Å². The quantitative estimate of drug-likeness (QED) is 0.781. The van der Waals surface area contributed by atoms with Crippen molar-refractivity contribution in [1.29, 1.82) is 0 Å². The summed E-state index contributed by atoms with van der Waals surface area (Å²) in [6, 6.07) is 0. The van der Waals surface area contributed by atoms with E-state index >= 15 is 0 Å². The Morgan fingerprint density at radius 3 is 2.68 bits per heavy atom. The van der Waals surface area contributed by atoms with Gasteiger partial charge in [-0.15, -0.1) is 5.10 Å². The Labute approximate surface area is 112 Å². The van der Waals surface area contributed by atoms with E-state index in [1.807, 2.05) is 0 Å². The number of tetrazole rings is 1. The number of piperidine rings is 1. The van der Waals surface area contributed by atoms with Crippen molar-refractivity contribution in [3.8, 4) is 0 Å². The predicted molar refractivity (Wildman–Crippen MR) is 72.1 cm³/mol. The van der Waals surface area contributed by atoms with Crippen LogP contribution < -0.4 is 4.90 Å². The van der Waals surface area contributed by atoms with Gasteiger partial charge in [0.1, 0.15) is 0 Å². The molecule has 0 spiro atoms. The predicted octanol–water partition coefficient (Wildman–Crippen LogP) is 0.440. The molecule has 2 aromatic heterocycles. The van der Waals surface area contributed by atoms with Gasteiger partial charge in [0.05, 0.1) is 6.20 Å². The molecule has 102 valence electrons. The van der Waals surface area contributed by atoms with Gasteiger partial charge >= 0.3 is 0 Å². The highest BCUT2D eigenvalue weighted by molar-refractivity contribution is 5.62. The van der Waals surface area contributed by atoms with Crippen LogP contribution in [-0.4, -0.2) is 62.6 Å². The molecule has 2 aromatic rings. The van der Waals surface area contributed by atoms with E-state index in [9.17, 15) is 0 Å². The first-order valence-corrected chi connectivity index (χ1v) is 6.55. The highest BCUT2D eigenvalue weighted by Crippen LogP contribution is 2.29. The van der Waals surface area contributed by atoms with E-state index in [0.717, 1.165) is 37.4 Å². The van der Waals surface area contributed by atoms with Crippen LogP contribution in [0, 0.1) is 0 Å². The normalized spacial score (nSPS) is 19.3. The van der Waals surface area contributed by atoms with Crippen LogP contribution in [0.15, 0.2) is 12.4 Å². The van der Waals surface area contributed by atoms with Crippen LogP contribution in [0.4, 0.5) is 5.82 Å². The number of fused-ring (bicyclic) bond motifs is 1. The first kappa shape index (κ1) is 12.3. The Hall–Kier alpha value is -1.76. The standard InChI is InChI=1S/C12H19N7/c1-12(17(2)3)4-7-18(8-5-12)10-11-14-15-16-19(11)9-6-13-10/h6,9H,4-5,7-8H2,1-3H3. The Morgan fingerprint density at radius 2 is 2.00 bits per heavy atom. The monoisotopic (exact) mass is 261 g/mol. The Balaban J connectivity index is 1.84. The summed E-state index contributed by atoms with van der Waals surface area (Å²) in [6.07, 6.45) is 5.75. The molecule has 0 radical (unpaired) electrons. The fraction of sp³-hybridized carbons (Fsp3) is 0.667. The van der Waals surface area contributed by atoms with Gasteiger partial charge in [-0.2, -0.15) is 4.52 Å². The molecule has 0 N–H and O–H groups in total. The molecule has 3 rings (SSSR count). The number of aromatic nitrogens is 5.